The van der Waals surface area contributed by atoms with Gasteiger partial charge in [-0.1, -0.05) is 0 Å². The summed E-state index contributed by atoms with van der Waals surface area (Å²) in [5.74, 6) is -0.233. The monoisotopic (exact) mass is 197 g/mol. The first-order valence-corrected chi connectivity index (χ1v) is 4.57. The zero-order valence-corrected chi connectivity index (χ0v) is 8.49. The summed E-state index contributed by atoms with van der Waals surface area (Å²) >= 11 is 0. The molecule has 1 aromatic rings. The summed E-state index contributed by atoms with van der Waals surface area (Å²) in [7, 11) is 1.86. The van der Waals surface area contributed by atoms with Gasteiger partial charge < -0.3 is 10.1 Å². The molecule has 0 spiro atoms. The highest BCUT2D eigenvalue weighted by molar-refractivity contribution is 5.71. The Labute approximate surface area is 83.1 Å². The number of carbonyl (C=O) groups excluding carboxylic acids is 1. The van der Waals surface area contributed by atoms with Gasteiger partial charge in [0.1, 0.15) is 0 Å². The Bertz CT molecular complexity index is 296. The van der Waals surface area contributed by atoms with E-state index in [0.29, 0.717) is 13.2 Å². The minimum atomic E-state index is -0.233. The first-order chi connectivity index (χ1) is 6.72. The van der Waals surface area contributed by atoms with E-state index >= 15 is 0 Å². The van der Waals surface area contributed by atoms with Crippen molar-refractivity contribution in [1.82, 2.24) is 15.1 Å². The van der Waals surface area contributed by atoms with Crippen LogP contribution in [0.15, 0.2) is 12.3 Å². The third-order valence-corrected chi connectivity index (χ3v) is 1.65. The summed E-state index contributed by atoms with van der Waals surface area (Å²) in [4.78, 5) is 10.9. The zero-order valence-electron chi connectivity index (χ0n) is 8.49. The summed E-state index contributed by atoms with van der Waals surface area (Å²) in [5.41, 5.74) is 0.914. The molecule has 78 valence electrons. The molecule has 1 rings (SSSR count). The standard InChI is InChI=1S/C9H15N3O2/c1-3-14-9(13)7-10-6-8-4-5-12(2)11-8/h4-5,10H,3,6-7H2,1-2H3. The van der Waals surface area contributed by atoms with Crippen molar-refractivity contribution in [1.29, 1.82) is 0 Å². The normalized spacial score (nSPS) is 10.1. The van der Waals surface area contributed by atoms with E-state index in [-0.39, 0.29) is 12.5 Å². The summed E-state index contributed by atoms with van der Waals surface area (Å²) in [6.07, 6.45) is 1.86. The third-order valence-electron chi connectivity index (χ3n) is 1.65. The van der Waals surface area contributed by atoms with Gasteiger partial charge in [0.2, 0.25) is 0 Å². The van der Waals surface area contributed by atoms with Crippen LogP contribution in [0.4, 0.5) is 0 Å². The molecule has 0 saturated carbocycles. The van der Waals surface area contributed by atoms with Gasteiger partial charge in [-0.05, 0) is 13.0 Å². The van der Waals surface area contributed by atoms with Crippen molar-refractivity contribution < 1.29 is 9.53 Å². The molecule has 0 aliphatic heterocycles. The van der Waals surface area contributed by atoms with Crippen LogP contribution in [0.1, 0.15) is 12.6 Å². The van der Waals surface area contributed by atoms with Crippen LogP contribution < -0.4 is 5.32 Å². The Morgan fingerprint density at radius 3 is 3.07 bits per heavy atom. The first kappa shape index (κ1) is 10.7. The lowest BCUT2D eigenvalue weighted by molar-refractivity contribution is -0.142. The molecule has 0 bridgehead atoms. The van der Waals surface area contributed by atoms with E-state index in [1.54, 1.807) is 11.6 Å². The zero-order chi connectivity index (χ0) is 10.4. The van der Waals surface area contributed by atoms with Crippen molar-refractivity contribution in [2.24, 2.45) is 7.05 Å². The molecule has 0 aromatic carbocycles. The molecule has 0 amide bonds. The second-order valence-corrected chi connectivity index (χ2v) is 2.89. The maximum Gasteiger partial charge on any atom is 0.319 e. The quantitative estimate of drug-likeness (QED) is 0.679. The number of aryl methyl sites for hydroxylation is 1. The molecule has 0 fully saturated rings. The summed E-state index contributed by atoms with van der Waals surface area (Å²) in [5, 5.41) is 7.10. The van der Waals surface area contributed by atoms with Gasteiger partial charge in [0, 0.05) is 19.8 Å². The fourth-order valence-electron chi connectivity index (χ4n) is 1.06. The van der Waals surface area contributed by atoms with Gasteiger partial charge in [0.05, 0.1) is 18.8 Å². The topological polar surface area (TPSA) is 56.1 Å². The summed E-state index contributed by atoms with van der Waals surface area (Å²) < 4.78 is 6.48. The number of nitrogens with zero attached hydrogens (tertiary/aromatic N) is 2. The average Bonchev–Trinajstić information content (AvgIpc) is 2.52. The van der Waals surface area contributed by atoms with E-state index in [1.165, 1.54) is 0 Å². The summed E-state index contributed by atoms with van der Waals surface area (Å²) in [6, 6.07) is 1.90. The molecule has 0 radical (unpaired) electrons. The number of nitrogens with one attached hydrogen (secondary N) is 1. The molecule has 1 heterocycles. The van der Waals surface area contributed by atoms with E-state index in [9.17, 15) is 4.79 Å². The molecule has 0 atom stereocenters. The molecule has 1 N–H and O–H groups in total. The molecule has 0 aliphatic carbocycles. The van der Waals surface area contributed by atoms with Gasteiger partial charge in [-0.2, -0.15) is 5.10 Å². The minimum absolute atomic E-state index is 0.227. The van der Waals surface area contributed by atoms with E-state index in [1.807, 2.05) is 19.3 Å². The van der Waals surface area contributed by atoms with Crippen LogP contribution in [0.5, 0.6) is 0 Å². The average molecular weight is 197 g/mol. The van der Waals surface area contributed by atoms with Crippen molar-refractivity contribution >= 4 is 5.97 Å². The first-order valence-electron chi connectivity index (χ1n) is 4.57. The van der Waals surface area contributed by atoms with Crippen LogP contribution in [-0.4, -0.2) is 28.9 Å². The van der Waals surface area contributed by atoms with Crippen molar-refractivity contribution in [3.05, 3.63) is 18.0 Å². The fraction of sp³-hybridized carbons (Fsp3) is 0.556. The van der Waals surface area contributed by atoms with Crippen molar-refractivity contribution in [3.63, 3.8) is 0 Å². The smallest absolute Gasteiger partial charge is 0.319 e. The Morgan fingerprint density at radius 2 is 2.50 bits per heavy atom. The van der Waals surface area contributed by atoms with Crippen LogP contribution in [-0.2, 0) is 23.1 Å². The van der Waals surface area contributed by atoms with E-state index in [4.69, 9.17) is 4.74 Å². The lowest BCUT2D eigenvalue weighted by Crippen LogP contribution is -2.24. The number of hydrogen-bond acceptors (Lipinski definition) is 4. The second kappa shape index (κ2) is 5.39. The molecular weight excluding hydrogens is 182 g/mol. The van der Waals surface area contributed by atoms with E-state index < -0.39 is 0 Å². The van der Waals surface area contributed by atoms with Crippen molar-refractivity contribution in [2.75, 3.05) is 13.2 Å². The number of hydrogen-bond donors (Lipinski definition) is 1. The number of ether oxygens (including phenoxy) is 1. The Kier molecular flexibility index (Phi) is 4.12. The molecule has 5 nitrogen and oxygen atoms in total. The fourth-order valence-corrected chi connectivity index (χ4v) is 1.06. The van der Waals surface area contributed by atoms with E-state index in [0.717, 1.165) is 5.69 Å². The molecule has 0 aliphatic rings. The van der Waals surface area contributed by atoms with Crippen LogP contribution in [0.25, 0.3) is 0 Å². The largest absolute Gasteiger partial charge is 0.465 e. The maximum atomic E-state index is 10.9. The Hall–Kier alpha value is -1.36. The van der Waals surface area contributed by atoms with E-state index in [2.05, 4.69) is 10.4 Å². The molecule has 0 saturated heterocycles. The van der Waals surface area contributed by atoms with Gasteiger partial charge in [0.25, 0.3) is 0 Å². The highest BCUT2D eigenvalue weighted by atomic mass is 16.5. The van der Waals surface area contributed by atoms with Crippen LogP contribution in [0.2, 0.25) is 0 Å². The molecule has 0 unspecified atom stereocenters. The Balaban J connectivity index is 2.18. The predicted molar refractivity (Wildman–Crippen MR) is 51.5 cm³/mol. The SMILES string of the molecule is CCOC(=O)CNCc1ccn(C)n1. The maximum absolute atomic E-state index is 10.9. The van der Waals surface area contributed by atoms with Crippen molar-refractivity contribution in [2.45, 2.75) is 13.5 Å². The summed E-state index contributed by atoms with van der Waals surface area (Å²) in [6.45, 7) is 3.02. The van der Waals surface area contributed by atoms with Gasteiger partial charge in [-0.3, -0.25) is 9.48 Å². The van der Waals surface area contributed by atoms with Crippen LogP contribution in [0, 0.1) is 0 Å². The number of rotatable bonds is 5. The molecule has 14 heavy (non-hydrogen) atoms. The van der Waals surface area contributed by atoms with Gasteiger partial charge in [0.15, 0.2) is 0 Å². The van der Waals surface area contributed by atoms with Crippen LogP contribution >= 0.6 is 0 Å². The third kappa shape index (κ3) is 3.57. The van der Waals surface area contributed by atoms with Gasteiger partial charge >= 0.3 is 5.97 Å². The highest BCUT2D eigenvalue weighted by Crippen LogP contribution is 1.92. The number of carbonyl (C=O) groups is 1. The second-order valence-electron chi connectivity index (χ2n) is 2.89. The molecule has 1 aromatic heterocycles. The lowest BCUT2D eigenvalue weighted by atomic mass is 10.4. The predicted octanol–water partition coefficient (Wildman–Crippen LogP) is 0.0728. The number of aromatic nitrogens is 2. The number of esters is 1. The van der Waals surface area contributed by atoms with Crippen molar-refractivity contribution in [3.8, 4) is 0 Å². The van der Waals surface area contributed by atoms with Crippen LogP contribution in [0.3, 0.4) is 0 Å². The van der Waals surface area contributed by atoms with Gasteiger partial charge in [-0.25, -0.2) is 0 Å². The van der Waals surface area contributed by atoms with Gasteiger partial charge in [-0.15, -0.1) is 0 Å². The molecule has 5 heteroatoms. The lowest BCUT2D eigenvalue weighted by Gasteiger charge is -2.02. The minimum Gasteiger partial charge on any atom is -0.465 e. The highest BCUT2D eigenvalue weighted by Gasteiger charge is 2.01. The molecular formula is C9H15N3O2. The Morgan fingerprint density at radius 1 is 1.71 bits per heavy atom.